The largest absolute Gasteiger partial charge is 0.388 e. The number of amides is 1. The molecule has 2 saturated heterocycles. The van der Waals surface area contributed by atoms with Gasteiger partial charge in [-0.2, -0.15) is 0 Å². The molecule has 1 aliphatic carbocycles. The molecule has 3 fully saturated rings. The minimum atomic E-state index is -0.596. The van der Waals surface area contributed by atoms with Crippen molar-refractivity contribution in [1.29, 1.82) is 0 Å². The molecule has 1 saturated carbocycles. The molecule has 4 heterocycles. The lowest BCUT2D eigenvalue weighted by Gasteiger charge is -2.30. The number of aliphatic hydroxyl groups excluding tert-OH is 1. The lowest BCUT2D eigenvalue weighted by molar-refractivity contribution is -0.127. The average molecular weight is 387 g/mol. The topological polar surface area (TPSA) is 121 Å². The summed E-state index contributed by atoms with van der Waals surface area (Å²) >= 11 is 0. The SMILES string of the molecule is O=C(N[C@@H]1CO[C@H]2[C@@H]1OC[C@H]2O)C1CCC(Nc2ncnc3[nH]ccc23)CC1. The van der Waals surface area contributed by atoms with E-state index < -0.39 is 6.10 Å². The maximum absolute atomic E-state index is 12.7. The summed E-state index contributed by atoms with van der Waals surface area (Å²) in [5.74, 6) is 0.902. The van der Waals surface area contributed by atoms with E-state index in [0.29, 0.717) is 12.6 Å². The summed E-state index contributed by atoms with van der Waals surface area (Å²) in [6, 6.07) is 2.09. The molecule has 4 N–H and O–H groups in total. The summed E-state index contributed by atoms with van der Waals surface area (Å²) in [4.78, 5) is 24.4. The highest BCUT2D eigenvalue weighted by atomic mass is 16.6. The van der Waals surface area contributed by atoms with Gasteiger partial charge in [0.2, 0.25) is 5.91 Å². The molecule has 0 radical (unpaired) electrons. The van der Waals surface area contributed by atoms with Crippen LogP contribution in [0.3, 0.4) is 0 Å². The fourth-order valence-electron chi connectivity index (χ4n) is 4.58. The zero-order chi connectivity index (χ0) is 19.1. The van der Waals surface area contributed by atoms with Gasteiger partial charge in [-0.05, 0) is 31.7 Å². The smallest absolute Gasteiger partial charge is 0.223 e. The second-order valence-electron chi connectivity index (χ2n) is 7.93. The molecule has 2 aromatic rings. The average Bonchev–Trinajstić information content (AvgIpc) is 3.42. The number of anilines is 1. The lowest BCUT2D eigenvalue weighted by atomic mass is 9.85. The van der Waals surface area contributed by atoms with Gasteiger partial charge in [0.25, 0.3) is 0 Å². The number of aliphatic hydroxyl groups is 1. The molecule has 150 valence electrons. The monoisotopic (exact) mass is 387 g/mol. The van der Waals surface area contributed by atoms with Gasteiger partial charge in [-0.15, -0.1) is 0 Å². The Bertz CT molecular complexity index is 850. The van der Waals surface area contributed by atoms with E-state index in [-0.39, 0.29) is 36.7 Å². The van der Waals surface area contributed by atoms with Crippen molar-refractivity contribution in [1.82, 2.24) is 20.3 Å². The molecule has 9 heteroatoms. The predicted molar refractivity (Wildman–Crippen MR) is 101 cm³/mol. The molecule has 5 rings (SSSR count). The summed E-state index contributed by atoms with van der Waals surface area (Å²) in [5, 5.41) is 17.4. The summed E-state index contributed by atoms with van der Waals surface area (Å²) in [5.41, 5.74) is 0.821. The van der Waals surface area contributed by atoms with Crippen LogP contribution in [0.15, 0.2) is 18.6 Å². The number of H-pyrrole nitrogens is 1. The number of aromatic amines is 1. The van der Waals surface area contributed by atoms with E-state index in [9.17, 15) is 9.90 Å². The Hall–Kier alpha value is -2.23. The third-order valence-corrected chi connectivity index (χ3v) is 6.15. The number of carbonyl (C=O) groups excluding carboxylic acids is 1. The van der Waals surface area contributed by atoms with Gasteiger partial charge in [0.1, 0.15) is 36.1 Å². The highest BCUT2D eigenvalue weighted by Gasteiger charge is 2.48. The van der Waals surface area contributed by atoms with Crippen molar-refractivity contribution in [3.05, 3.63) is 18.6 Å². The number of nitrogens with zero attached hydrogens (tertiary/aromatic N) is 2. The van der Waals surface area contributed by atoms with E-state index in [1.807, 2.05) is 12.3 Å². The minimum absolute atomic E-state index is 0.00102. The van der Waals surface area contributed by atoms with Gasteiger partial charge in [0.05, 0.1) is 24.6 Å². The molecule has 4 atom stereocenters. The van der Waals surface area contributed by atoms with Crippen molar-refractivity contribution in [2.24, 2.45) is 5.92 Å². The van der Waals surface area contributed by atoms with Gasteiger partial charge >= 0.3 is 0 Å². The van der Waals surface area contributed by atoms with E-state index in [0.717, 1.165) is 42.5 Å². The van der Waals surface area contributed by atoms with Gasteiger partial charge in [-0.1, -0.05) is 0 Å². The number of aromatic nitrogens is 3. The fraction of sp³-hybridized carbons (Fsp3) is 0.632. The Morgan fingerprint density at radius 3 is 2.82 bits per heavy atom. The Balaban J connectivity index is 1.14. The molecule has 2 aliphatic heterocycles. The molecular formula is C19H25N5O4. The maximum atomic E-state index is 12.7. The Labute approximate surface area is 162 Å². The molecular weight excluding hydrogens is 362 g/mol. The van der Waals surface area contributed by atoms with Crippen molar-refractivity contribution < 1.29 is 19.4 Å². The van der Waals surface area contributed by atoms with Gasteiger partial charge in [-0.3, -0.25) is 4.79 Å². The first-order valence-corrected chi connectivity index (χ1v) is 9.95. The van der Waals surface area contributed by atoms with Crippen LogP contribution in [-0.2, 0) is 14.3 Å². The molecule has 3 aliphatic rings. The normalized spacial score (nSPS) is 35.0. The van der Waals surface area contributed by atoms with Crippen molar-refractivity contribution >= 4 is 22.8 Å². The summed E-state index contributed by atoms with van der Waals surface area (Å²) in [6.07, 6.45) is 5.75. The van der Waals surface area contributed by atoms with Crippen molar-refractivity contribution in [3.8, 4) is 0 Å². The summed E-state index contributed by atoms with van der Waals surface area (Å²) in [6.45, 7) is 0.672. The van der Waals surface area contributed by atoms with Crippen molar-refractivity contribution in [2.45, 2.75) is 56.1 Å². The van der Waals surface area contributed by atoms with Gasteiger partial charge < -0.3 is 30.2 Å². The molecule has 0 bridgehead atoms. The second-order valence-corrected chi connectivity index (χ2v) is 7.93. The maximum Gasteiger partial charge on any atom is 0.223 e. The van der Waals surface area contributed by atoms with Crippen molar-refractivity contribution in [2.75, 3.05) is 18.5 Å². The number of ether oxygens (including phenoxy) is 2. The first kappa shape index (κ1) is 17.8. The predicted octanol–water partition coefficient (Wildman–Crippen LogP) is 0.572. The van der Waals surface area contributed by atoms with Gasteiger partial charge in [0.15, 0.2) is 0 Å². The highest BCUT2D eigenvalue weighted by Crippen LogP contribution is 2.30. The van der Waals surface area contributed by atoms with Crippen LogP contribution in [0, 0.1) is 5.92 Å². The zero-order valence-corrected chi connectivity index (χ0v) is 15.5. The number of fused-ring (bicyclic) bond motifs is 2. The molecule has 1 amide bonds. The Kier molecular flexibility index (Phi) is 4.65. The second kappa shape index (κ2) is 7.31. The first-order valence-electron chi connectivity index (χ1n) is 9.95. The Morgan fingerprint density at radius 1 is 1.14 bits per heavy atom. The molecule has 2 aromatic heterocycles. The molecule has 28 heavy (non-hydrogen) atoms. The van der Waals surface area contributed by atoms with Crippen LogP contribution in [0.2, 0.25) is 0 Å². The van der Waals surface area contributed by atoms with Crippen LogP contribution in [0.1, 0.15) is 25.7 Å². The van der Waals surface area contributed by atoms with E-state index in [1.165, 1.54) is 0 Å². The van der Waals surface area contributed by atoms with E-state index in [4.69, 9.17) is 9.47 Å². The number of hydrogen-bond donors (Lipinski definition) is 4. The quantitative estimate of drug-likeness (QED) is 0.605. The van der Waals surface area contributed by atoms with Crippen LogP contribution in [0.25, 0.3) is 11.0 Å². The van der Waals surface area contributed by atoms with Crippen LogP contribution >= 0.6 is 0 Å². The number of rotatable bonds is 4. The molecule has 0 unspecified atom stereocenters. The van der Waals surface area contributed by atoms with Crippen LogP contribution in [0.5, 0.6) is 0 Å². The zero-order valence-electron chi connectivity index (χ0n) is 15.5. The standard InChI is InChI=1S/C19H25N5O4/c25-14-8-28-15-13(7-27-16(14)15)24-19(26)10-1-3-11(4-2-10)23-18-12-5-6-20-17(12)21-9-22-18/h5-6,9-11,13-16,25H,1-4,7-8H2,(H,24,26)(H2,20,21,22,23)/t10?,11?,13-,14-,15-,16-/m1/s1. The van der Waals surface area contributed by atoms with Gasteiger partial charge in [-0.25, -0.2) is 9.97 Å². The number of carbonyl (C=O) groups is 1. The molecule has 0 aromatic carbocycles. The van der Waals surface area contributed by atoms with E-state index >= 15 is 0 Å². The van der Waals surface area contributed by atoms with Gasteiger partial charge in [0, 0.05) is 18.2 Å². The fourth-order valence-corrected chi connectivity index (χ4v) is 4.58. The summed E-state index contributed by atoms with van der Waals surface area (Å²) in [7, 11) is 0. The molecule has 9 nitrogen and oxygen atoms in total. The third kappa shape index (κ3) is 3.23. The number of nitrogens with one attached hydrogen (secondary N) is 3. The third-order valence-electron chi connectivity index (χ3n) is 6.15. The highest BCUT2D eigenvalue weighted by molar-refractivity contribution is 5.86. The van der Waals surface area contributed by atoms with Crippen LogP contribution in [-0.4, -0.2) is 69.6 Å². The lowest BCUT2D eigenvalue weighted by Crippen LogP contribution is -2.47. The van der Waals surface area contributed by atoms with Crippen LogP contribution < -0.4 is 10.6 Å². The summed E-state index contributed by atoms with van der Waals surface area (Å²) < 4.78 is 11.2. The first-order chi connectivity index (χ1) is 13.7. The van der Waals surface area contributed by atoms with E-state index in [2.05, 4.69) is 25.6 Å². The van der Waals surface area contributed by atoms with Crippen LogP contribution in [0.4, 0.5) is 5.82 Å². The van der Waals surface area contributed by atoms with Crippen molar-refractivity contribution in [3.63, 3.8) is 0 Å². The van der Waals surface area contributed by atoms with E-state index in [1.54, 1.807) is 6.33 Å². The Morgan fingerprint density at radius 2 is 1.96 bits per heavy atom. The minimum Gasteiger partial charge on any atom is -0.388 e. The molecule has 0 spiro atoms. The number of hydrogen-bond acceptors (Lipinski definition) is 7.